The molecule has 144 valence electrons. The van der Waals surface area contributed by atoms with Crippen LogP contribution >= 0.6 is 0 Å². The fourth-order valence-electron chi connectivity index (χ4n) is 3.12. The third-order valence-electron chi connectivity index (χ3n) is 4.53. The predicted octanol–water partition coefficient (Wildman–Crippen LogP) is 3.37. The smallest absolute Gasteiger partial charge is 0.322 e. The van der Waals surface area contributed by atoms with E-state index in [-0.39, 0.29) is 24.2 Å². The van der Waals surface area contributed by atoms with Crippen LogP contribution in [0.5, 0.6) is 0 Å². The van der Waals surface area contributed by atoms with Crippen LogP contribution in [-0.2, 0) is 11.3 Å². The van der Waals surface area contributed by atoms with Gasteiger partial charge in [-0.15, -0.1) is 0 Å². The van der Waals surface area contributed by atoms with Crippen molar-refractivity contribution in [2.24, 2.45) is 0 Å². The second-order valence-corrected chi connectivity index (χ2v) is 6.70. The molecule has 3 amide bonds. The summed E-state index contributed by atoms with van der Waals surface area (Å²) in [5.74, 6) is -1.57. The minimum atomic E-state index is -0.667. The summed E-state index contributed by atoms with van der Waals surface area (Å²) in [6.45, 7) is 2.97. The fourth-order valence-corrected chi connectivity index (χ4v) is 3.12. The van der Waals surface area contributed by atoms with Crippen LogP contribution in [-0.4, -0.2) is 23.4 Å². The van der Waals surface area contributed by atoms with E-state index in [1.54, 1.807) is 19.9 Å². The van der Waals surface area contributed by atoms with Gasteiger partial charge in [-0.3, -0.25) is 4.79 Å². The van der Waals surface area contributed by atoms with E-state index in [1.165, 1.54) is 23.1 Å². The molecule has 8 heteroatoms. The monoisotopic (exact) mass is 384 g/mol. The highest BCUT2D eigenvalue weighted by atomic mass is 19.1. The van der Waals surface area contributed by atoms with Crippen molar-refractivity contribution in [3.8, 4) is 6.07 Å². The first kappa shape index (κ1) is 19.3. The van der Waals surface area contributed by atoms with E-state index in [2.05, 4.69) is 10.6 Å². The first-order chi connectivity index (χ1) is 13.3. The number of urea groups is 1. The van der Waals surface area contributed by atoms with Crippen molar-refractivity contribution in [2.45, 2.75) is 26.4 Å². The molecular formula is C20H18F2N4O2. The Kier molecular flexibility index (Phi) is 5.27. The van der Waals surface area contributed by atoms with Gasteiger partial charge in [0.05, 0.1) is 29.9 Å². The highest BCUT2D eigenvalue weighted by molar-refractivity contribution is 5.95. The minimum Gasteiger partial charge on any atom is -0.348 e. The van der Waals surface area contributed by atoms with E-state index in [4.69, 9.17) is 5.26 Å². The Balaban J connectivity index is 1.68. The van der Waals surface area contributed by atoms with Crippen LogP contribution in [0.4, 0.5) is 19.3 Å². The topological polar surface area (TPSA) is 85.2 Å². The summed E-state index contributed by atoms with van der Waals surface area (Å²) in [6.07, 6.45) is 0. The Morgan fingerprint density at radius 3 is 2.75 bits per heavy atom. The molecule has 0 aliphatic carbocycles. The number of carbonyl (C=O) groups is 2. The second kappa shape index (κ2) is 7.64. The maximum atomic E-state index is 14.2. The Morgan fingerprint density at radius 2 is 2.07 bits per heavy atom. The number of aryl methyl sites for hydroxylation is 1. The lowest BCUT2D eigenvalue weighted by atomic mass is 10.1. The lowest BCUT2D eigenvalue weighted by molar-refractivity contribution is -0.122. The number of anilines is 1. The van der Waals surface area contributed by atoms with Crippen molar-refractivity contribution in [1.82, 2.24) is 10.2 Å². The summed E-state index contributed by atoms with van der Waals surface area (Å²) in [7, 11) is 0. The molecule has 2 aromatic rings. The molecule has 1 heterocycles. The molecule has 0 bridgehead atoms. The van der Waals surface area contributed by atoms with Gasteiger partial charge in [-0.05, 0) is 43.7 Å². The first-order valence-electron chi connectivity index (χ1n) is 8.62. The molecule has 3 rings (SSSR count). The van der Waals surface area contributed by atoms with E-state index in [9.17, 15) is 18.4 Å². The summed E-state index contributed by atoms with van der Waals surface area (Å²) in [6, 6.07) is 7.69. The average Bonchev–Trinajstić information content (AvgIpc) is 2.62. The van der Waals surface area contributed by atoms with Gasteiger partial charge in [-0.2, -0.15) is 5.26 Å². The lowest BCUT2D eigenvalue weighted by Gasteiger charge is -2.29. The summed E-state index contributed by atoms with van der Waals surface area (Å²) in [5, 5.41) is 14.0. The van der Waals surface area contributed by atoms with Crippen LogP contribution in [0, 0.1) is 29.9 Å². The Bertz CT molecular complexity index is 1000. The SMILES string of the molecule is Cc1cc(F)c2c(c1)NC(=O)N(CC(=O)N[C@H](C)c1ccc(C#N)cc1F)C2. The molecule has 2 aromatic carbocycles. The number of hydrogen-bond acceptors (Lipinski definition) is 3. The van der Waals surface area contributed by atoms with Crippen LogP contribution < -0.4 is 10.6 Å². The highest BCUT2D eigenvalue weighted by Gasteiger charge is 2.27. The molecule has 2 N–H and O–H groups in total. The van der Waals surface area contributed by atoms with Crippen LogP contribution in [0.25, 0.3) is 0 Å². The number of nitriles is 1. The molecule has 1 aliphatic rings. The fraction of sp³-hybridized carbons (Fsp3) is 0.250. The number of benzene rings is 2. The third kappa shape index (κ3) is 3.93. The van der Waals surface area contributed by atoms with Crippen LogP contribution in [0.1, 0.15) is 35.2 Å². The third-order valence-corrected chi connectivity index (χ3v) is 4.53. The standard InChI is InChI=1S/C20H18F2N4O2/c1-11-5-16(21)15-9-26(20(28)25-18(15)6-11)10-19(27)24-12(2)14-4-3-13(8-23)7-17(14)22/h3-7,12H,9-10H2,1-2H3,(H,24,27)(H,25,28)/t12-/m1/s1. The van der Waals surface area contributed by atoms with Gasteiger partial charge in [0.25, 0.3) is 0 Å². The molecule has 0 saturated carbocycles. The molecule has 0 fully saturated rings. The van der Waals surface area contributed by atoms with Gasteiger partial charge < -0.3 is 15.5 Å². The first-order valence-corrected chi connectivity index (χ1v) is 8.62. The number of carbonyl (C=O) groups excluding carboxylic acids is 2. The van der Waals surface area contributed by atoms with Gasteiger partial charge >= 0.3 is 6.03 Å². The molecule has 6 nitrogen and oxygen atoms in total. The lowest BCUT2D eigenvalue weighted by Crippen LogP contribution is -2.45. The van der Waals surface area contributed by atoms with Gasteiger partial charge in [0, 0.05) is 11.1 Å². The largest absolute Gasteiger partial charge is 0.348 e. The second-order valence-electron chi connectivity index (χ2n) is 6.70. The number of hydrogen-bond donors (Lipinski definition) is 2. The Morgan fingerprint density at radius 1 is 1.32 bits per heavy atom. The molecule has 0 unspecified atom stereocenters. The van der Waals surface area contributed by atoms with Crippen molar-refractivity contribution in [3.63, 3.8) is 0 Å². The van der Waals surface area contributed by atoms with Gasteiger partial charge in [0.15, 0.2) is 0 Å². The van der Waals surface area contributed by atoms with E-state index >= 15 is 0 Å². The zero-order chi connectivity index (χ0) is 20.4. The molecule has 0 spiro atoms. The Labute approximate surface area is 160 Å². The summed E-state index contributed by atoms with van der Waals surface area (Å²) in [4.78, 5) is 25.7. The number of halogens is 2. The number of rotatable bonds is 4. The van der Waals surface area contributed by atoms with Crippen LogP contribution in [0.2, 0.25) is 0 Å². The number of nitrogens with one attached hydrogen (secondary N) is 2. The molecule has 1 atom stereocenters. The number of fused-ring (bicyclic) bond motifs is 1. The molecule has 1 aliphatic heterocycles. The van der Waals surface area contributed by atoms with E-state index in [0.29, 0.717) is 16.8 Å². The Hall–Kier alpha value is -3.47. The zero-order valence-electron chi connectivity index (χ0n) is 15.3. The van der Waals surface area contributed by atoms with Crippen LogP contribution in [0.3, 0.4) is 0 Å². The molecule has 0 saturated heterocycles. The van der Waals surface area contributed by atoms with Gasteiger partial charge in [0.2, 0.25) is 5.91 Å². The zero-order valence-corrected chi connectivity index (χ0v) is 15.3. The van der Waals surface area contributed by atoms with Crippen molar-refractivity contribution in [3.05, 3.63) is 64.2 Å². The van der Waals surface area contributed by atoms with Gasteiger partial charge in [-0.25, -0.2) is 13.6 Å². The summed E-state index contributed by atoms with van der Waals surface area (Å²) in [5.41, 5.74) is 1.79. The van der Waals surface area contributed by atoms with Gasteiger partial charge in [0.1, 0.15) is 18.2 Å². The minimum absolute atomic E-state index is 0.0414. The van der Waals surface area contributed by atoms with Gasteiger partial charge in [-0.1, -0.05) is 6.07 Å². The van der Waals surface area contributed by atoms with Crippen molar-refractivity contribution < 1.29 is 18.4 Å². The number of nitrogens with zero attached hydrogens (tertiary/aromatic N) is 2. The predicted molar refractivity (Wildman–Crippen MR) is 98.2 cm³/mol. The maximum absolute atomic E-state index is 14.2. The summed E-state index contributed by atoms with van der Waals surface area (Å²) >= 11 is 0. The van der Waals surface area contributed by atoms with Crippen molar-refractivity contribution in [2.75, 3.05) is 11.9 Å². The van der Waals surface area contributed by atoms with Crippen molar-refractivity contribution in [1.29, 1.82) is 5.26 Å². The molecular weight excluding hydrogens is 366 g/mol. The van der Waals surface area contributed by atoms with Crippen molar-refractivity contribution >= 4 is 17.6 Å². The molecule has 28 heavy (non-hydrogen) atoms. The van der Waals surface area contributed by atoms with E-state index in [0.717, 1.165) is 6.07 Å². The number of amides is 3. The quantitative estimate of drug-likeness (QED) is 0.848. The van der Waals surface area contributed by atoms with E-state index in [1.807, 2.05) is 6.07 Å². The molecule has 0 aromatic heterocycles. The van der Waals surface area contributed by atoms with Crippen LogP contribution in [0.15, 0.2) is 30.3 Å². The maximum Gasteiger partial charge on any atom is 0.322 e. The summed E-state index contributed by atoms with van der Waals surface area (Å²) < 4.78 is 28.2. The van der Waals surface area contributed by atoms with E-state index < -0.39 is 29.6 Å². The molecule has 0 radical (unpaired) electrons. The highest BCUT2D eigenvalue weighted by Crippen LogP contribution is 2.27. The average molecular weight is 384 g/mol. The normalized spacial score (nSPS) is 14.0.